The van der Waals surface area contributed by atoms with E-state index < -0.39 is 0 Å². The highest BCUT2D eigenvalue weighted by molar-refractivity contribution is 5.82. The van der Waals surface area contributed by atoms with Gasteiger partial charge in [0, 0.05) is 38.6 Å². The molecule has 31 heavy (non-hydrogen) atoms. The molecular formula is C25H28N4O2. The molecule has 6 heteroatoms. The van der Waals surface area contributed by atoms with Crippen LogP contribution in [-0.4, -0.2) is 57.6 Å². The fraction of sp³-hybridized carbons (Fsp3) is 0.320. The molecule has 0 spiro atoms. The highest BCUT2D eigenvalue weighted by Crippen LogP contribution is 2.22. The highest BCUT2D eigenvalue weighted by Gasteiger charge is 2.31. The van der Waals surface area contributed by atoms with E-state index in [1.165, 1.54) is 5.56 Å². The molecule has 1 atom stereocenters. The number of likely N-dealkylation sites (N-methyl/N-ethyl adjacent to an activating group) is 1. The SMILES string of the molecule is CCN1CCN(C(=O)Cn2cccn2)C[C@H](Cc2ccc(-c3ccccc3)cc2)C1=O. The number of carbonyl (C=O) groups excluding carboxylic acids is 2. The molecule has 6 nitrogen and oxygen atoms in total. The second kappa shape index (κ2) is 9.60. The summed E-state index contributed by atoms with van der Waals surface area (Å²) in [4.78, 5) is 29.7. The minimum atomic E-state index is -0.244. The van der Waals surface area contributed by atoms with Gasteiger partial charge >= 0.3 is 0 Å². The third-order valence-corrected chi connectivity index (χ3v) is 5.88. The van der Waals surface area contributed by atoms with Crippen LogP contribution < -0.4 is 0 Å². The van der Waals surface area contributed by atoms with Gasteiger partial charge in [0.25, 0.3) is 0 Å². The molecule has 2 heterocycles. The lowest BCUT2D eigenvalue weighted by Gasteiger charge is -2.23. The molecule has 2 amide bonds. The van der Waals surface area contributed by atoms with Gasteiger partial charge in [-0.05, 0) is 36.1 Å². The summed E-state index contributed by atoms with van der Waals surface area (Å²) in [5.41, 5.74) is 3.44. The number of hydrogen-bond donors (Lipinski definition) is 0. The van der Waals surface area contributed by atoms with Crippen LogP contribution in [0.15, 0.2) is 73.1 Å². The predicted octanol–water partition coefficient (Wildman–Crippen LogP) is 3.10. The van der Waals surface area contributed by atoms with Gasteiger partial charge in [0.15, 0.2) is 0 Å². The van der Waals surface area contributed by atoms with Crippen molar-refractivity contribution in [3.05, 3.63) is 78.6 Å². The molecule has 0 aliphatic carbocycles. The Morgan fingerprint density at radius 3 is 2.42 bits per heavy atom. The molecule has 1 fully saturated rings. The third kappa shape index (κ3) is 5.02. The van der Waals surface area contributed by atoms with E-state index in [4.69, 9.17) is 0 Å². The lowest BCUT2D eigenvalue weighted by molar-refractivity contribution is -0.135. The summed E-state index contributed by atoms with van der Waals surface area (Å²) < 4.78 is 1.63. The van der Waals surface area contributed by atoms with Gasteiger partial charge in [0.05, 0.1) is 5.92 Å². The monoisotopic (exact) mass is 416 g/mol. The van der Waals surface area contributed by atoms with Gasteiger partial charge < -0.3 is 9.80 Å². The summed E-state index contributed by atoms with van der Waals surface area (Å²) in [6, 6.07) is 20.4. The Morgan fingerprint density at radius 2 is 1.74 bits per heavy atom. The Labute approximate surface area is 183 Å². The van der Waals surface area contributed by atoms with Crippen molar-refractivity contribution in [2.75, 3.05) is 26.2 Å². The molecule has 1 aliphatic rings. The van der Waals surface area contributed by atoms with Crippen LogP contribution >= 0.6 is 0 Å². The van der Waals surface area contributed by atoms with Gasteiger partial charge in [0.1, 0.15) is 6.54 Å². The van der Waals surface area contributed by atoms with Crippen LogP contribution in [0.5, 0.6) is 0 Å². The van der Waals surface area contributed by atoms with E-state index in [9.17, 15) is 9.59 Å². The number of nitrogens with zero attached hydrogens (tertiary/aromatic N) is 4. The molecule has 4 rings (SSSR count). The zero-order valence-corrected chi connectivity index (χ0v) is 17.9. The standard InChI is InChI=1S/C25H28N4O2/c1-2-27-15-16-28(24(30)19-29-14-6-13-26-29)18-23(25(27)31)17-20-9-11-22(12-10-20)21-7-4-3-5-8-21/h3-14,23H,2,15-19H2,1H3/t23-/m0/s1. The smallest absolute Gasteiger partial charge is 0.244 e. The first-order valence-electron chi connectivity index (χ1n) is 10.8. The van der Waals surface area contributed by atoms with Crippen LogP contribution in [-0.2, 0) is 22.6 Å². The molecule has 160 valence electrons. The summed E-state index contributed by atoms with van der Waals surface area (Å²) in [6.45, 7) is 4.42. The molecule has 1 saturated heterocycles. The molecular weight excluding hydrogens is 388 g/mol. The number of rotatable bonds is 6. The van der Waals surface area contributed by atoms with E-state index in [-0.39, 0.29) is 24.3 Å². The number of amides is 2. The van der Waals surface area contributed by atoms with E-state index >= 15 is 0 Å². The quantitative estimate of drug-likeness (QED) is 0.620. The Balaban J connectivity index is 1.48. The molecule has 0 N–H and O–H groups in total. The van der Waals surface area contributed by atoms with Gasteiger partial charge in [0.2, 0.25) is 11.8 Å². The van der Waals surface area contributed by atoms with Gasteiger partial charge in [-0.2, -0.15) is 5.10 Å². The summed E-state index contributed by atoms with van der Waals surface area (Å²) in [5.74, 6) is -0.116. The Bertz CT molecular complexity index is 1000. The minimum absolute atomic E-state index is 0.00104. The molecule has 1 aliphatic heterocycles. The van der Waals surface area contributed by atoms with Crippen LogP contribution in [0.1, 0.15) is 12.5 Å². The van der Waals surface area contributed by atoms with Crippen LogP contribution in [0, 0.1) is 5.92 Å². The van der Waals surface area contributed by atoms with E-state index in [2.05, 4.69) is 41.5 Å². The zero-order valence-electron chi connectivity index (χ0n) is 17.9. The summed E-state index contributed by atoms with van der Waals surface area (Å²) in [6.07, 6.45) is 4.07. The van der Waals surface area contributed by atoms with Crippen molar-refractivity contribution < 1.29 is 9.59 Å². The summed E-state index contributed by atoms with van der Waals surface area (Å²) in [5, 5.41) is 4.13. The Morgan fingerprint density at radius 1 is 1.00 bits per heavy atom. The maximum atomic E-state index is 13.1. The van der Waals surface area contributed by atoms with E-state index in [0.29, 0.717) is 32.6 Å². The van der Waals surface area contributed by atoms with Crippen LogP contribution in [0.3, 0.4) is 0 Å². The maximum absolute atomic E-state index is 13.1. The van der Waals surface area contributed by atoms with Gasteiger partial charge in [-0.3, -0.25) is 14.3 Å². The van der Waals surface area contributed by atoms with Crippen molar-refractivity contribution in [1.82, 2.24) is 19.6 Å². The molecule has 0 radical (unpaired) electrons. The summed E-state index contributed by atoms with van der Waals surface area (Å²) >= 11 is 0. The first kappa shape index (κ1) is 20.8. The van der Waals surface area contributed by atoms with Crippen molar-refractivity contribution in [3.63, 3.8) is 0 Å². The number of benzene rings is 2. The molecule has 3 aromatic rings. The molecule has 0 unspecified atom stereocenters. The Kier molecular flexibility index (Phi) is 6.46. The first-order chi connectivity index (χ1) is 15.1. The first-order valence-corrected chi connectivity index (χ1v) is 10.8. The van der Waals surface area contributed by atoms with E-state index in [1.54, 1.807) is 23.1 Å². The van der Waals surface area contributed by atoms with E-state index in [1.807, 2.05) is 34.9 Å². The molecule has 0 bridgehead atoms. The largest absolute Gasteiger partial charge is 0.341 e. The predicted molar refractivity (Wildman–Crippen MR) is 120 cm³/mol. The average molecular weight is 417 g/mol. The molecule has 0 saturated carbocycles. The topological polar surface area (TPSA) is 58.4 Å². The second-order valence-electron chi connectivity index (χ2n) is 7.93. The average Bonchev–Trinajstić information content (AvgIpc) is 3.26. The maximum Gasteiger partial charge on any atom is 0.244 e. The van der Waals surface area contributed by atoms with Crippen molar-refractivity contribution in [2.45, 2.75) is 19.9 Å². The fourth-order valence-electron chi connectivity index (χ4n) is 4.12. The van der Waals surface area contributed by atoms with Crippen LogP contribution in [0.2, 0.25) is 0 Å². The van der Waals surface area contributed by atoms with Crippen molar-refractivity contribution in [2.24, 2.45) is 5.92 Å². The third-order valence-electron chi connectivity index (χ3n) is 5.88. The second-order valence-corrected chi connectivity index (χ2v) is 7.93. The van der Waals surface area contributed by atoms with Crippen LogP contribution in [0.4, 0.5) is 0 Å². The number of carbonyl (C=O) groups is 2. The molecule has 1 aromatic heterocycles. The van der Waals surface area contributed by atoms with Gasteiger partial charge in [-0.1, -0.05) is 54.6 Å². The van der Waals surface area contributed by atoms with Crippen molar-refractivity contribution in [1.29, 1.82) is 0 Å². The number of aromatic nitrogens is 2. The number of hydrogen-bond acceptors (Lipinski definition) is 3. The van der Waals surface area contributed by atoms with Crippen molar-refractivity contribution >= 4 is 11.8 Å². The van der Waals surface area contributed by atoms with Gasteiger partial charge in [-0.25, -0.2) is 0 Å². The van der Waals surface area contributed by atoms with Crippen LogP contribution in [0.25, 0.3) is 11.1 Å². The fourth-order valence-corrected chi connectivity index (χ4v) is 4.12. The normalized spacial score (nSPS) is 16.9. The highest BCUT2D eigenvalue weighted by atomic mass is 16.2. The Hall–Kier alpha value is -3.41. The summed E-state index contributed by atoms with van der Waals surface area (Å²) in [7, 11) is 0. The molecule has 2 aromatic carbocycles. The van der Waals surface area contributed by atoms with Crippen molar-refractivity contribution in [3.8, 4) is 11.1 Å². The van der Waals surface area contributed by atoms with Gasteiger partial charge in [-0.15, -0.1) is 0 Å². The lowest BCUT2D eigenvalue weighted by atomic mass is 9.95. The minimum Gasteiger partial charge on any atom is -0.341 e. The zero-order chi connectivity index (χ0) is 21.6. The lowest BCUT2D eigenvalue weighted by Crippen LogP contribution is -2.39. The van der Waals surface area contributed by atoms with E-state index in [0.717, 1.165) is 11.1 Å².